The van der Waals surface area contributed by atoms with Crippen LogP contribution in [0.2, 0.25) is 0 Å². The Balaban J connectivity index is 1.94. The van der Waals surface area contributed by atoms with Gasteiger partial charge < -0.3 is 9.84 Å². The van der Waals surface area contributed by atoms with Gasteiger partial charge in [-0.05, 0) is 36.8 Å². The molecule has 0 bridgehead atoms. The Morgan fingerprint density at radius 2 is 1.92 bits per heavy atom. The van der Waals surface area contributed by atoms with Gasteiger partial charge in [0.05, 0.1) is 6.04 Å². The number of benzene rings is 1. The number of amides is 1. The molecule has 1 heterocycles. The first-order chi connectivity index (χ1) is 12.0. The zero-order valence-corrected chi connectivity index (χ0v) is 15.7. The van der Waals surface area contributed by atoms with Gasteiger partial charge in [0.1, 0.15) is 0 Å². The molecule has 2 rings (SSSR count). The Labute approximate surface area is 150 Å². The van der Waals surface area contributed by atoms with Crippen molar-refractivity contribution in [3.05, 3.63) is 47.1 Å². The van der Waals surface area contributed by atoms with E-state index < -0.39 is 0 Å². The smallest absolute Gasteiger partial charge is 0.227 e. The number of carbonyl (C=O) groups is 1. The van der Waals surface area contributed by atoms with Crippen molar-refractivity contribution in [1.82, 2.24) is 15.5 Å². The highest BCUT2D eigenvalue weighted by Gasteiger charge is 2.18. The predicted octanol–water partition coefficient (Wildman–Crippen LogP) is 4.17. The lowest BCUT2D eigenvalue weighted by Crippen LogP contribution is -2.31. The van der Waals surface area contributed by atoms with Crippen LogP contribution in [-0.4, -0.2) is 16.0 Å². The van der Waals surface area contributed by atoms with E-state index in [9.17, 15) is 4.79 Å². The topological polar surface area (TPSA) is 68.0 Å². The van der Waals surface area contributed by atoms with E-state index in [0.29, 0.717) is 30.5 Å². The fourth-order valence-electron chi connectivity index (χ4n) is 2.82. The van der Waals surface area contributed by atoms with E-state index in [0.717, 1.165) is 12.0 Å². The molecule has 5 nitrogen and oxygen atoms in total. The van der Waals surface area contributed by atoms with Gasteiger partial charge in [0.25, 0.3) is 0 Å². The molecule has 1 aromatic heterocycles. The standard InChI is InChI=1S/C20H29N3O2/c1-5-6-7-16-8-10-17(11-9-16)20(14(2)3)22-18(24)12-13-19-21-15(4)23-25-19/h8-11,14,20H,5-7,12-13H2,1-4H3,(H,22,24). The monoisotopic (exact) mass is 343 g/mol. The average Bonchev–Trinajstić information content (AvgIpc) is 3.02. The Morgan fingerprint density at radius 3 is 2.48 bits per heavy atom. The fourth-order valence-corrected chi connectivity index (χ4v) is 2.82. The summed E-state index contributed by atoms with van der Waals surface area (Å²) in [5, 5.41) is 6.89. The van der Waals surface area contributed by atoms with Crippen LogP contribution in [0, 0.1) is 12.8 Å². The quantitative estimate of drug-likeness (QED) is 0.742. The zero-order chi connectivity index (χ0) is 18.2. The van der Waals surface area contributed by atoms with Crippen LogP contribution in [0.5, 0.6) is 0 Å². The lowest BCUT2D eigenvalue weighted by Gasteiger charge is -2.23. The maximum atomic E-state index is 12.3. The molecule has 0 spiro atoms. The minimum atomic E-state index is 0.00427. The second kappa shape index (κ2) is 9.35. The number of hydrogen-bond acceptors (Lipinski definition) is 4. The van der Waals surface area contributed by atoms with Gasteiger partial charge in [0, 0.05) is 12.8 Å². The number of nitrogens with one attached hydrogen (secondary N) is 1. The molecule has 0 saturated heterocycles. The summed E-state index contributed by atoms with van der Waals surface area (Å²) in [6.07, 6.45) is 4.33. The van der Waals surface area contributed by atoms with E-state index in [1.165, 1.54) is 18.4 Å². The molecule has 1 unspecified atom stereocenters. The van der Waals surface area contributed by atoms with E-state index in [1.54, 1.807) is 6.92 Å². The Kier molecular flexibility index (Phi) is 7.16. The largest absolute Gasteiger partial charge is 0.349 e. The molecule has 1 atom stereocenters. The number of unbranched alkanes of at least 4 members (excludes halogenated alkanes) is 1. The van der Waals surface area contributed by atoms with Gasteiger partial charge in [0.2, 0.25) is 11.8 Å². The van der Waals surface area contributed by atoms with Crippen LogP contribution < -0.4 is 5.32 Å². The van der Waals surface area contributed by atoms with Crippen LogP contribution in [0.25, 0.3) is 0 Å². The predicted molar refractivity (Wildman–Crippen MR) is 98.1 cm³/mol. The first-order valence-corrected chi connectivity index (χ1v) is 9.17. The third kappa shape index (κ3) is 6.00. The SMILES string of the molecule is CCCCc1ccc(C(NC(=O)CCc2nc(C)no2)C(C)C)cc1. The molecule has 136 valence electrons. The molecule has 0 radical (unpaired) electrons. The van der Waals surface area contributed by atoms with Crippen molar-refractivity contribution in [2.45, 2.75) is 65.8 Å². The van der Waals surface area contributed by atoms with E-state index in [-0.39, 0.29) is 11.9 Å². The van der Waals surface area contributed by atoms with Crippen molar-refractivity contribution in [3.8, 4) is 0 Å². The maximum Gasteiger partial charge on any atom is 0.227 e. The average molecular weight is 343 g/mol. The number of nitrogens with zero attached hydrogens (tertiary/aromatic N) is 2. The number of aromatic nitrogens is 2. The van der Waals surface area contributed by atoms with Gasteiger partial charge in [-0.25, -0.2) is 0 Å². The van der Waals surface area contributed by atoms with E-state index in [2.05, 4.69) is 60.5 Å². The highest BCUT2D eigenvalue weighted by atomic mass is 16.5. The second-order valence-corrected chi connectivity index (χ2v) is 6.87. The summed E-state index contributed by atoms with van der Waals surface area (Å²) < 4.78 is 5.06. The lowest BCUT2D eigenvalue weighted by atomic mass is 9.94. The third-order valence-corrected chi connectivity index (χ3v) is 4.28. The Hall–Kier alpha value is -2.17. The van der Waals surface area contributed by atoms with Crippen LogP contribution in [0.1, 0.15) is 68.9 Å². The molecule has 0 fully saturated rings. The molecule has 0 saturated carbocycles. The summed E-state index contributed by atoms with van der Waals surface area (Å²) in [5.74, 6) is 1.42. The van der Waals surface area contributed by atoms with Gasteiger partial charge in [-0.2, -0.15) is 4.98 Å². The van der Waals surface area contributed by atoms with Crippen LogP contribution in [0.3, 0.4) is 0 Å². The number of hydrogen-bond donors (Lipinski definition) is 1. The normalized spacial score (nSPS) is 12.4. The molecule has 0 aliphatic carbocycles. The van der Waals surface area contributed by atoms with Crippen LogP contribution in [0.15, 0.2) is 28.8 Å². The van der Waals surface area contributed by atoms with Gasteiger partial charge in [0.15, 0.2) is 5.82 Å². The fraction of sp³-hybridized carbons (Fsp3) is 0.550. The van der Waals surface area contributed by atoms with Crippen molar-refractivity contribution < 1.29 is 9.32 Å². The minimum Gasteiger partial charge on any atom is -0.349 e. The van der Waals surface area contributed by atoms with Gasteiger partial charge >= 0.3 is 0 Å². The van der Waals surface area contributed by atoms with Crippen LogP contribution in [0.4, 0.5) is 0 Å². The molecule has 5 heteroatoms. The highest BCUT2D eigenvalue weighted by Crippen LogP contribution is 2.23. The minimum absolute atomic E-state index is 0.00427. The van der Waals surface area contributed by atoms with Gasteiger partial charge in [-0.3, -0.25) is 4.79 Å². The van der Waals surface area contributed by atoms with Crippen molar-refractivity contribution >= 4 is 5.91 Å². The number of aryl methyl sites for hydroxylation is 3. The van der Waals surface area contributed by atoms with E-state index >= 15 is 0 Å². The molecule has 25 heavy (non-hydrogen) atoms. The third-order valence-electron chi connectivity index (χ3n) is 4.28. The zero-order valence-electron chi connectivity index (χ0n) is 15.7. The van der Waals surface area contributed by atoms with Crippen molar-refractivity contribution in [1.29, 1.82) is 0 Å². The summed E-state index contributed by atoms with van der Waals surface area (Å²) in [5.41, 5.74) is 2.50. The summed E-state index contributed by atoms with van der Waals surface area (Å²) in [6, 6.07) is 8.63. The Bertz CT molecular complexity index is 662. The molecular weight excluding hydrogens is 314 g/mol. The molecule has 1 amide bonds. The van der Waals surface area contributed by atoms with E-state index in [4.69, 9.17) is 4.52 Å². The van der Waals surface area contributed by atoms with Crippen LogP contribution >= 0.6 is 0 Å². The van der Waals surface area contributed by atoms with Crippen molar-refractivity contribution in [2.24, 2.45) is 5.92 Å². The molecule has 0 aliphatic heterocycles. The highest BCUT2D eigenvalue weighted by molar-refractivity contribution is 5.76. The van der Waals surface area contributed by atoms with E-state index in [1.807, 2.05) is 0 Å². The molecule has 2 aromatic rings. The van der Waals surface area contributed by atoms with Crippen molar-refractivity contribution in [3.63, 3.8) is 0 Å². The van der Waals surface area contributed by atoms with Gasteiger partial charge in [-0.1, -0.05) is 56.6 Å². The summed E-state index contributed by atoms with van der Waals surface area (Å²) in [4.78, 5) is 16.5. The molecule has 0 aliphatic rings. The maximum absolute atomic E-state index is 12.3. The molecule has 1 N–H and O–H groups in total. The number of carbonyl (C=O) groups excluding carboxylic acids is 1. The summed E-state index contributed by atoms with van der Waals surface area (Å²) in [7, 11) is 0. The summed E-state index contributed by atoms with van der Waals surface area (Å²) in [6.45, 7) is 8.22. The van der Waals surface area contributed by atoms with Gasteiger partial charge in [-0.15, -0.1) is 0 Å². The second-order valence-electron chi connectivity index (χ2n) is 6.87. The lowest BCUT2D eigenvalue weighted by molar-refractivity contribution is -0.122. The molecule has 1 aromatic carbocycles. The first-order valence-electron chi connectivity index (χ1n) is 9.17. The van der Waals surface area contributed by atoms with Crippen molar-refractivity contribution in [2.75, 3.05) is 0 Å². The molecular formula is C20H29N3O2. The summed E-state index contributed by atoms with van der Waals surface area (Å²) >= 11 is 0. The number of rotatable bonds is 9. The Morgan fingerprint density at radius 1 is 1.20 bits per heavy atom. The first kappa shape index (κ1) is 19.2. The van der Waals surface area contributed by atoms with Crippen LogP contribution in [-0.2, 0) is 17.6 Å².